The molecule has 0 atom stereocenters. The van der Waals surface area contributed by atoms with E-state index in [-0.39, 0.29) is 0 Å². The lowest BCUT2D eigenvalue weighted by Crippen LogP contribution is -2.19. The number of alkyl halides is 1. The first-order valence-corrected chi connectivity index (χ1v) is 8.59. The molecule has 3 heteroatoms. The zero-order chi connectivity index (χ0) is 7.33. The molecule has 0 aliphatic heterocycles. The summed E-state index contributed by atoms with van der Waals surface area (Å²) < 4.78 is 0. The number of hydrogen-bond donors (Lipinski definition) is 0. The maximum absolute atomic E-state index is 5.51. The standard InChI is InChI=1S/C6H15ClSSi/c1-9(2,3)5-4-8-6-7/h4-6H2,1-3H3. The first kappa shape index (κ1) is 9.86. The molecule has 0 saturated heterocycles. The van der Waals surface area contributed by atoms with Crippen molar-refractivity contribution in [2.75, 3.05) is 11.0 Å². The van der Waals surface area contributed by atoms with Crippen LogP contribution < -0.4 is 0 Å². The lowest BCUT2D eigenvalue weighted by molar-refractivity contribution is 1.38. The number of thioether (sulfide) groups is 1. The Balaban J connectivity index is 3.07. The summed E-state index contributed by atoms with van der Waals surface area (Å²) in [4.78, 5) is 0. The van der Waals surface area contributed by atoms with Crippen LogP contribution >= 0.6 is 23.4 Å². The van der Waals surface area contributed by atoms with Gasteiger partial charge in [-0.05, 0) is 11.8 Å². The second-order valence-corrected chi connectivity index (χ2v) is 10.6. The van der Waals surface area contributed by atoms with Gasteiger partial charge in [-0.15, -0.1) is 23.4 Å². The minimum Gasteiger partial charge on any atom is -0.146 e. The number of rotatable bonds is 4. The molecular formula is C6H15ClSSi. The molecule has 0 nitrogen and oxygen atoms in total. The normalized spacial score (nSPS) is 12.0. The molecule has 0 rings (SSSR count). The van der Waals surface area contributed by atoms with E-state index >= 15 is 0 Å². The van der Waals surface area contributed by atoms with Crippen molar-refractivity contribution < 1.29 is 0 Å². The Morgan fingerprint density at radius 1 is 1.33 bits per heavy atom. The summed E-state index contributed by atoms with van der Waals surface area (Å²) in [6, 6.07) is 1.39. The van der Waals surface area contributed by atoms with Crippen LogP contribution in [0.15, 0.2) is 0 Å². The van der Waals surface area contributed by atoms with Gasteiger partial charge < -0.3 is 0 Å². The smallest absolute Gasteiger partial charge is 0.0680 e. The molecule has 0 aromatic rings. The van der Waals surface area contributed by atoms with Crippen LogP contribution in [0.5, 0.6) is 0 Å². The monoisotopic (exact) mass is 182 g/mol. The summed E-state index contributed by atoms with van der Waals surface area (Å²) in [5, 5.41) is 0.754. The van der Waals surface area contributed by atoms with Gasteiger partial charge in [-0.25, -0.2) is 0 Å². The lowest BCUT2D eigenvalue weighted by atomic mass is 11.0. The molecule has 0 fully saturated rings. The van der Waals surface area contributed by atoms with Gasteiger partial charge in [0.05, 0.1) is 5.21 Å². The molecule has 0 radical (unpaired) electrons. The Bertz CT molecular complexity index is 69.9. The maximum Gasteiger partial charge on any atom is 0.0680 e. The molecule has 0 bridgehead atoms. The summed E-state index contributed by atoms with van der Waals surface area (Å²) in [5.74, 6) is 1.25. The largest absolute Gasteiger partial charge is 0.146 e. The Labute approximate surface area is 68.4 Å². The molecule has 0 saturated carbocycles. The van der Waals surface area contributed by atoms with Crippen LogP contribution in [0.3, 0.4) is 0 Å². The van der Waals surface area contributed by atoms with Crippen LogP contribution in [0.4, 0.5) is 0 Å². The van der Waals surface area contributed by atoms with E-state index in [1.807, 2.05) is 11.8 Å². The zero-order valence-electron chi connectivity index (χ0n) is 6.41. The molecule has 0 aliphatic rings. The molecule has 0 unspecified atom stereocenters. The maximum atomic E-state index is 5.51. The molecule has 0 aliphatic carbocycles. The molecule has 0 amide bonds. The van der Waals surface area contributed by atoms with E-state index in [0.29, 0.717) is 0 Å². The Morgan fingerprint density at radius 2 is 1.89 bits per heavy atom. The van der Waals surface area contributed by atoms with Gasteiger partial charge in [-0.2, -0.15) is 0 Å². The molecule has 0 heterocycles. The Hall–Kier alpha value is 0.857. The summed E-state index contributed by atoms with van der Waals surface area (Å²) in [6.45, 7) is 7.17. The van der Waals surface area contributed by atoms with Crippen molar-refractivity contribution >= 4 is 31.4 Å². The molecule has 0 spiro atoms. The van der Waals surface area contributed by atoms with E-state index in [4.69, 9.17) is 11.6 Å². The lowest BCUT2D eigenvalue weighted by Gasteiger charge is -2.13. The van der Waals surface area contributed by atoms with Crippen molar-refractivity contribution in [2.45, 2.75) is 25.7 Å². The fourth-order valence-corrected chi connectivity index (χ4v) is 3.90. The van der Waals surface area contributed by atoms with Crippen LogP contribution in [0.2, 0.25) is 25.7 Å². The number of hydrogen-bond acceptors (Lipinski definition) is 1. The molecular weight excluding hydrogens is 168 g/mol. The van der Waals surface area contributed by atoms with E-state index in [1.165, 1.54) is 11.8 Å². The highest BCUT2D eigenvalue weighted by Gasteiger charge is 2.11. The molecule has 0 aromatic carbocycles. The van der Waals surface area contributed by atoms with E-state index in [1.54, 1.807) is 0 Å². The van der Waals surface area contributed by atoms with Crippen molar-refractivity contribution in [1.29, 1.82) is 0 Å². The van der Waals surface area contributed by atoms with Crippen molar-refractivity contribution in [3.8, 4) is 0 Å². The van der Waals surface area contributed by atoms with Crippen molar-refractivity contribution in [3.63, 3.8) is 0 Å². The fraction of sp³-hybridized carbons (Fsp3) is 1.00. The average Bonchev–Trinajstić information content (AvgIpc) is 1.63. The van der Waals surface area contributed by atoms with Gasteiger partial charge >= 0.3 is 0 Å². The minimum absolute atomic E-state index is 0.754. The van der Waals surface area contributed by atoms with Gasteiger partial charge in [-0.1, -0.05) is 19.6 Å². The zero-order valence-corrected chi connectivity index (χ0v) is 8.98. The van der Waals surface area contributed by atoms with Crippen LogP contribution in [0.1, 0.15) is 0 Å². The predicted octanol–water partition coefficient (Wildman–Crippen LogP) is 3.25. The third kappa shape index (κ3) is 8.86. The first-order valence-electron chi connectivity index (χ1n) is 3.20. The van der Waals surface area contributed by atoms with Crippen LogP contribution in [0, 0.1) is 0 Å². The summed E-state index contributed by atoms with van der Waals surface area (Å²) in [6.07, 6.45) is 0. The van der Waals surface area contributed by atoms with E-state index < -0.39 is 8.07 Å². The van der Waals surface area contributed by atoms with Gasteiger partial charge in [0.15, 0.2) is 0 Å². The van der Waals surface area contributed by atoms with E-state index in [9.17, 15) is 0 Å². The van der Waals surface area contributed by atoms with Crippen molar-refractivity contribution in [3.05, 3.63) is 0 Å². The average molecular weight is 183 g/mol. The van der Waals surface area contributed by atoms with Gasteiger partial charge in [0.1, 0.15) is 0 Å². The highest BCUT2D eigenvalue weighted by atomic mass is 35.5. The molecule has 0 aromatic heterocycles. The van der Waals surface area contributed by atoms with Gasteiger partial charge in [-0.3, -0.25) is 0 Å². The van der Waals surface area contributed by atoms with Crippen molar-refractivity contribution in [2.24, 2.45) is 0 Å². The van der Waals surface area contributed by atoms with Gasteiger partial charge in [0.2, 0.25) is 0 Å². The number of halogens is 1. The van der Waals surface area contributed by atoms with E-state index in [0.717, 1.165) is 5.21 Å². The first-order chi connectivity index (χ1) is 4.06. The fourth-order valence-electron chi connectivity index (χ4n) is 0.433. The SMILES string of the molecule is C[Si](C)(C)CCSCCl. The molecule has 56 valence electrons. The Kier molecular flexibility index (Phi) is 5.08. The quantitative estimate of drug-likeness (QED) is 0.366. The summed E-state index contributed by atoms with van der Waals surface area (Å²) in [7, 11) is -0.774. The third-order valence-electron chi connectivity index (χ3n) is 1.07. The topological polar surface area (TPSA) is 0 Å². The van der Waals surface area contributed by atoms with Gasteiger partial charge in [0.25, 0.3) is 0 Å². The van der Waals surface area contributed by atoms with E-state index in [2.05, 4.69) is 19.6 Å². The Morgan fingerprint density at radius 3 is 2.22 bits per heavy atom. The second kappa shape index (κ2) is 4.64. The highest BCUT2D eigenvalue weighted by Crippen LogP contribution is 2.13. The second-order valence-electron chi connectivity index (χ2n) is 3.33. The highest BCUT2D eigenvalue weighted by molar-refractivity contribution is 8.00. The van der Waals surface area contributed by atoms with Gasteiger partial charge in [0, 0.05) is 8.07 Å². The minimum atomic E-state index is -0.774. The van der Waals surface area contributed by atoms with Crippen LogP contribution in [-0.4, -0.2) is 19.0 Å². The summed E-state index contributed by atoms with van der Waals surface area (Å²) >= 11 is 7.34. The summed E-state index contributed by atoms with van der Waals surface area (Å²) in [5.41, 5.74) is 0. The third-order valence-corrected chi connectivity index (χ3v) is 4.30. The van der Waals surface area contributed by atoms with Crippen molar-refractivity contribution in [1.82, 2.24) is 0 Å². The predicted molar refractivity (Wildman–Crippen MR) is 51.3 cm³/mol. The molecule has 0 N–H and O–H groups in total. The molecule has 9 heavy (non-hydrogen) atoms. The van der Waals surface area contributed by atoms with Crippen LogP contribution in [0.25, 0.3) is 0 Å². The van der Waals surface area contributed by atoms with Crippen LogP contribution in [-0.2, 0) is 0 Å².